The first kappa shape index (κ1) is 14.1. The van der Waals surface area contributed by atoms with Crippen molar-refractivity contribution < 1.29 is 9.21 Å². The van der Waals surface area contributed by atoms with Crippen LogP contribution in [0.3, 0.4) is 0 Å². The van der Waals surface area contributed by atoms with E-state index in [1.54, 1.807) is 37.2 Å². The molecule has 1 N–H and O–H groups in total. The highest BCUT2D eigenvalue weighted by Gasteiger charge is 2.24. The molecule has 1 aliphatic rings. The number of urea groups is 1. The molecule has 7 heteroatoms. The zero-order chi connectivity index (χ0) is 15.0. The summed E-state index contributed by atoms with van der Waals surface area (Å²) in [5, 5.41) is 2.83. The number of amides is 2. The lowest BCUT2D eigenvalue weighted by molar-refractivity contribution is 0.209. The highest BCUT2D eigenvalue weighted by atomic mass is 32.2. The average molecular weight is 307 g/mol. The number of anilines is 1. The molecule has 21 heavy (non-hydrogen) atoms. The molecule has 6 nitrogen and oxygen atoms in total. The summed E-state index contributed by atoms with van der Waals surface area (Å²) in [5.41, 5.74) is 1.59. The van der Waals surface area contributed by atoms with E-state index in [2.05, 4.69) is 5.32 Å². The molecule has 2 heterocycles. The van der Waals surface area contributed by atoms with Gasteiger partial charge in [-0.2, -0.15) is 11.8 Å². The molecule has 0 radical (unpaired) electrons. The smallest absolute Gasteiger partial charge is 0.405 e. The van der Waals surface area contributed by atoms with Crippen LogP contribution < -0.4 is 11.1 Å². The SMILES string of the molecule is CN(C(=O)Nc1cccc2c1oc(=O)n2C)C1CCSC1. The van der Waals surface area contributed by atoms with Gasteiger partial charge < -0.3 is 14.6 Å². The van der Waals surface area contributed by atoms with E-state index in [1.165, 1.54) is 4.57 Å². The number of nitrogens with zero attached hydrogens (tertiary/aromatic N) is 2. The Balaban J connectivity index is 1.86. The molecular weight excluding hydrogens is 290 g/mol. The number of fused-ring (bicyclic) bond motifs is 1. The Morgan fingerprint density at radius 2 is 2.33 bits per heavy atom. The van der Waals surface area contributed by atoms with Crippen molar-refractivity contribution in [1.82, 2.24) is 9.47 Å². The van der Waals surface area contributed by atoms with Crippen LogP contribution in [0.2, 0.25) is 0 Å². The maximum atomic E-state index is 12.3. The molecule has 1 aromatic heterocycles. The van der Waals surface area contributed by atoms with Gasteiger partial charge in [-0.25, -0.2) is 9.59 Å². The number of oxazole rings is 1. The van der Waals surface area contributed by atoms with Crippen LogP contribution in [0.1, 0.15) is 6.42 Å². The molecule has 112 valence electrons. The van der Waals surface area contributed by atoms with E-state index in [0.29, 0.717) is 16.8 Å². The monoisotopic (exact) mass is 307 g/mol. The van der Waals surface area contributed by atoms with E-state index in [-0.39, 0.29) is 12.1 Å². The van der Waals surface area contributed by atoms with Crippen LogP contribution >= 0.6 is 11.8 Å². The van der Waals surface area contributed by atoms with Gasteiger partial charge >= 0.3 is 11.8 Å². The third kappa shape index (κ3) is 2.53. The molecule has 0 aliphatic carbocycles. The van der Waals surface area contributed by atoms with Gasteiger partial charge in [-0.3, -0.25) is 4.57 Å². The molecule has 1 fully saturated rings. The lowest BCUT2D eigenvalue weighted by atomic mass is 10.2. The van der Waals surface area contributed by atoms with Crippen molar-refractivity contribution in [3.8, 4) is 0 Å². The van der Waals surface area contributed by atoms with Crippen LogP contribution in [0, 0.1) is 0 Å². The highest BCUT2D eigenvalue weighted by molar-refractivity contribution is 7.99. The molecule has 2 amide bonds. The van der Waals surface area contributed by atoms with Crippen LogP contribution in [0.4, 0.5) is 10.5 Å². The molecule has 1 saturated heterocycles. The molecule has 3 rings (SSSR count). The molecule has 1 aromatic carbocycles. The fourth-order valence-corrected chi connectivity index (χ4v) is 3.71. The number of aryl methyl sites for hydroxylation is 1. The van der Waals surface area contributed by atoms with Crippen molar-refractivity contribution >= 4 is 34.6 Å². The fraction of sp³-hybridized carbons (Fsp3) is 0.429. The van der Waals surface area contributed by atoms with Crippen molar-refractivity contribution in [3.05, 3.63) is 28.7 Å². The zero-order valence-corrected chi connectivity index (χ0v) is 12.8. The molecule has 0 spiro atoms. The number of aromatic nitrogens is 1. The average Bonchev–Trinajstić information content (AvgIpc) is 3.09. The van der Waals surface area contributed by atoms with Crippen LogP contribution in [0.25, 0.3) is 11.1 Å². The second kappa shape index (κ2) is 5.48. The lowest BCUT2D eigenvalue weighted by Gasteiger charge is -2.24. The minimum atomic E-state index is -0.438. The van der Waals surface area contributed by atoms with E-state index < -0.39 is 5.76 Å². The molecular formula is C14H17N3O3S. The number of hydrogen-bond donors (Lipinski definition) is 1. The minimum absolute atomic E-state index is 0.179. The van der Waals surface area contributed by atoms with E-state index in [9.17, 15) is 9.59 Å². The summed E-state index contributed by atoms with van der Waals surface area (Å²) < 4.78 is 6.62. The van der Waals surface area contributed by atoms with Gasteiger partial charge in [-0.15, -0.1) is 0 Å². The Hall–Kier alpha value is -1.89. The van der Waals surface area contributed by atoms with Crippen molar-refractivity contribution in [1.29, 1.82) is 0 Å². The lowest BCUT2D eigenvalue weighted by Crippen LogP contribution is -2.39. The summed E-state index contributed by atoms with van der Waals surface area (Å²) in [4.78, 5) is 25.6. The first-order valence-corrected chi connectivity index (χ1v) is 7.93. The van der Waals surface area contributed by atoms with Gasteiger partial charge in [-0.1, -0.05) is 6.07 Å². The van der Waals surface area contributed by atoms with Gasteiger partial charge in [0.1, 0.15) is 0 Å². The van der Waals surface area contributed by atoms with E-state index in [1.807, 2.05) is 11.8 Å². The summed E-state index contributed by atoms with van der Waals surface area (Å²) in [5.74, 6) is 1.62. The summed E-state index contributed by atoms with van der Waals surface area (Å²) in [6.07, 6.45) is 1.01. The van der Waals surface area contributed by atoms with Crippen LogP contribution in [0.15, 0.2) is 27.4 Å². The molecule has 0 bridgehead atoms. The third-order valence-electron chi connectivity index (χ3n) is 3.83. The number of hydrogen-bond acceptors (Lipinski definition) is 4. The Morgan fingerprint density at radius 1 is 1.52 bits per heavy atom. The topological polar surface area (TPSA) is 67.5 Å². The van der Waals surface area contributed by atoms with Gasteiger partial charge in [0.05, 0.1) is 11.2 Å². The largest absolute Gasteiger partial charge is 0.419 e. The number of carbonyl (C=O) groups is 1. The summed E-state index contributed by atoms with van der Waals surface area (Å²) >= 11 is 1.86. The van der Waals surface area contributed by atoms with E-state index >= 15 is 0 Å². The number of thioether (sulfide) groups is 1. The Kier molecular flexibility index (Phi) is 3.67. The summed E-state index contributed by atoms with van der Waals surface area (Å²) in [6, 6.07) is 5.39. The quantitative estimate of drug-likeness (QED) is 0.922. The molecule has 0 saturated carbocycles. The number of rotatable bonds is 2. The van der Waals surface area contributed by atoms with Crippen LogP contribution in [-0.4, -0.2) is 40.1 Å². The van der Waals surface area contributed by atoms with Gasteiger partial charge in [0, 0.05) is 25.9 Å². The molecule has 1 aliphatic heterocycles. The van der Waals surface area contributed by atoms with Crippen molar-refractivity contribution in [2.75, 3.05) is 23.9 Å². The van der Waals surface area contributed by atoms with Crippen molar-refractivity contribution in [3.63, 3.8) is 0 Å². The van der Waals surface area contributed by atoms with Gasteiger partial charge in [0.25, 0.3) is 0 Å². The van der Waals surface area contributed by atoms with Crippen LogP contribution in [-0.2, 0) is 7.05 Å². The molecule has 1 atom stereocenters. The maximum Gasteiger partial charge on any atom is 0.419 e. The molecule has 2 aromatic rings. The fourth-order valence-electron chi connectivity index (χ4n) is 2.45. The van der Waals surface area contributed by atoms with Gasteiger partial charge in [0.2, 0.25) is 0 Å². The summed E-state index contributed by atoms with van der Waals surface area (Å²) in [6.45, 7) is 0. The Labute approximate surface area is 126 Å². The summed E-state index contributed by atoms with van der Waals surface area (Å²) in [7, 11) is 3.44. The van der Waals surface area contributed by atoms with E-state index in [0.717, 1.165) is 17.9 Å². The first-order chi connectivity index (χ1) is 10.1. The van der Waals surface area contributed by atoms with Gasteiger partial charge in [-0.05, 0) is 24.3 Å². The second-order valence-corrected chi connectivity index (χ2v) is 6.29. The minimum Gasteiger partial charge on any atom is -0.405 e. The second-order valence-electron chi connectivity index (χ2n) is 5.14. The third-order valence-corrected chi connectivity index (χ3v) is 4.98. The predicted octanol–water partition coefficient (Wildman–Crippen LogP) is 2.10. The van der Waals surface area contributed by atoms with Crippen LogP contribution in [0.5, 0.6) is 0 Å². The maximum absolute atomic E-state index is 12.3. The van der Waals surface area contributed by atoms with Crippen molar-refractivity contribution in [2.24, 2.45) is 7.05 Å². The first-order valence-electron chi connectivity index (χ1n) is 6.78. The number of carbonyl (C=O) groups excluding carboxylic acids is 1. The predicted molar refractivity (Wildman–Crippen MR) is 84.0 cm³/mol. The normalized spacial score (nSPS) is 18.1. The highest BCUT2D eigenvalue weighted by Crippen LogP contribution is 2.24. The zero-order valence-electron chi connectivity index (χ0n) is 12.0. The van der Waals surface area contributed by atoms with Gasteiger partial charge in [0.15, 0.2) is 5.58 Å². The molecule has 1 unspecified atom stereocenters. The Morgan fingerprint density at radius 3 is 3.05 bits per heavy atom. The van der Waals surface area contributed by atoms with E-state index in [4.69, 9.17) is 4.42 Å². The number of nitrogens with one attached hydrogen (secondary N) is 1. The number of para-hydroxylation sites is 1. The standard InChI is InChI=1S/C14H17N3O3S/c1-16(9-6-7-21-8-9)13(18)15-10-4-3-5-11-12(10)20-14(19)17(11)2/h3-5,9H,6-8H2,1-2H3,(H,15,18). The Bertz CT molecular complexity index is 731. The number of benzene rings is 1. The van der Waals surface area contributed by atoms with Crippen molar-refractivity contribution in [2.45, 2.75) is 12.5 Å².